The van der Waals surface area contributed by atoms with Gasteiger partial charge >= 0.3 is 0 Å². The van der Waals surface area contributed by atoms with E-state index >= 15 is 0 Å². The number of ether oxygens (including phenoxy) is 2. The lowest BCUT2D eigenvalue weighted by molar-refractivity contribution is -0.114. The van der Waals surface area contributed by atoms with Gasteiger partial charge in [0.1, 0.15) is 12.4 Å². The number of nitrogens with zero attached hydrogens (tertiary/aromatic N) is 2. The average molecular weight is 482 g/mol. The molecule has 0 fully saturated rings. The molecular weight excluding hydrogens is 458 g/mol. The summed E-state index contributed by atoms with van der Waals surface area (Å²) in [4.78, 5) is 18.8. The van der Waals surface area contributed by atoms with E-state index in [1.165, 1.54) is 11.8 Å². The van der Waals surface area contributed by atoms with Gasteiger partial charge in [0.25, 0.3) is 5.91 Å². The van der Waals surface area contributed by atoms with Crippen LogP contribution in [0.15, 0.2) is 94.8 Å². The lowest BCUT2D eigenvalue weighted by Crippen LogP contribution is -2.38. The molecule has 0 radical (unpaired) electrons. The van der Waals surface area contributed by atoms with E-state index in [4.69, 9.17) is 14.9 Å². The van der Waals surface area contributed by atoms with Crippen molar-refractivity contribution in [1.29, 1.82) is 5.41 Å². The summed E-state index contributed by atoms with van der Waals surface area (Å²) in [6.07, 6.45) is 1.68. The SMILES string of the molecule is CCOc1cc(C=C2C(=N)N3C(c4ccccc4)=CSC3=NC2=O)ccc1OCc1ccccc1. The van der Waals surface area contributed by atoms with E-state index in [0.29, 0.717) is 29.9 Å². The van der Waals surface area contributed by atoms with Gasteiger partial charge < -0.3 is 9.47 Å². The van der Waals surface area contributed by atoms with Gasteiger partial charge in [0.05, 0.1) is 17.9 Å². The number of rotatable bonds is 7. The number of amides is 1. The van der Waals surface area contributed by atoms with Crippen LogP contribution in [-0.4, -0.2) is 28.4 Å². The second-order valence-electron chi connectivity index (χ2n) is 7.84. The van der Waals surface area contributed by atoms with Gasteiger partial charge in [0, 0.05) is 5.41 Å². The van der Waals surface area contributed by atoms with Crippen LogP contribution in [0.3, 0.4) is 0 Å². The fourth-order valence-electron chi connectivity index (χ4n) is 3.82. The topological polar surface area (TPSA) is 75.0 Å². The maximum atomic E-state index is 12.8. The lowest BCUT2D eigenvalue weighted by Gasteiger charge is -2.27. The highest BCUT2D eigenvalue weighted by molar-refractivity contribution is 8.17. The molecule has 0 saturated carbocycles. The molecule has 0 saturated heterocycles. The van der Waals surface area contributed by atoms with Crippen LogP contribution in [0.4, 0.5) is 0 Å². The second-order valence-corrected chi connectivity index (χ2v) is 8.68. The molecule has 2 aliphatic heterocycles. The zero-order chi connectivity index (χ0) is 24.2. The summed E-state index contributed by atoms with van der Waals surface area (Å²) in [5.41, 5.74) is 3.80. The highest BCUT2D eigenvalue weighted by atomic mass is 32.2. The number of carbonyl (C=O) groups is 1. The molecule has 35 heavy (non-hydrogen) atoms. The van der Waals surface area contributed by atoms with Gasteiger partial charge in [-0.3, -0.25) is 15.1 Å². The van der Waals surface area contributed by atoms with Crippen molar-refractivity contribution in [2.24, 2.45) is 4.99 Å². The van der Waals surface area contributed by atoms with Gasteiger partial charge in [-0.2, -0.15) is 4.99 Å². The number of benzene rings is 3. The Balaban J connectivity index is 1.42. The van der Waals surface area contributed by atoms with Gasteiger partial charge in [-0.15, -0.1) is 0 Å². The largest absolute Gasteiger partial charge is 0.490 e. The van der Waals surface area contributed by atoms with E-state index in [0.717, 1.165) is 22.4 Å². The van der Waals surface area contributed by atoms with Gasteiger partial charge in [-0.1, -0.05) is 78.5 Å². The standard InChI is InChI=1S/C28H23N3O3S/c1-2-33-25-16-20(13-14-24(25)34-17-19-9-5-3-6-10-19)15-22-26(29)31-23(21-11-7-4-8-12-21)18-35-28(31)30-27(22)32/h3-16,18,29H,2,17H2,1H3. The first-order valence-electron chi connectivity index (χ1n) is 11.2. The molecule has 6 nitrogen and oxygen atoms in total. The van der Waals surface area contributed by atoms with E-state index < -0.39 is 5.91 Å². The highest BCUT2D eigenvalue weighted by Gasteiger charge is 2.36. The Hall–Kier alpha value is -4.10. The number of hydrogen-bond acceptors (Lipinski definition) is 5. The van der Waals surface area contributed by atoms with Crippen LogP contribution in [0.5, 0.6) is 11.5 Å². The predicted molar refractivity (Wildman–Crippen MR) is 140 cm³/mol. The minimum atomic E-state index is -0.432. The smallest absolute Gasteiger partial charge is 0.283 e. The van der Waals surface area contributed by atoms with Gasteiger partial charge in [-0.05, 0) is 41.8 Å². The number of aliphatic imine (C=N–C) groups is 1. The summed E-state index contributed by atoms with van der Waals surface area (Å²) in [6, 6.07) is 25.2. The first-order chi connectivity index (χ1) is 17.1. The molecule has 3 aromatic carbocycles. The molecule has 2 aliphatic rings. The second kappa shape index (κ2) is 10.0. The van der Waals surface area contributed by atoms with Crippen LogP contribution in [0.25, 0.3) is 11.8 Å². The van der Waals surface area contributed by atoms with E-state index in [1.54, 1.807) is 11.0 Å². The molecule has 7 heteroatoms. The van der Waals surface area contributed by atoms with Crippen molar-refractivity contribution in [3.05, 3.63) is 107 Å². The van der Waals surface area contributed by atoms with Crippen LogP contribution in [0.2, 0.25) is 0 Å². The third-order valence-corrected chi connectivity index (χ3v) is 6.33. The van der Waals surface area contributed by atoms with Crippen molar-refractivity contribution in [3.8, 4) is 11.5 Å². The summed E-state index contributed by atoms with van der Waals surface area (Å²) in [5, 5.41) is 11.2. The van der Waals surface area contributed by atoms with Crippen molar-refractivity contribution in [3.63, 3.8) is 0 Å². The zero-order valence-electron chi connectivity index (χ0n) is 19.1. The average Bonchev–Trinajstić information content (AvgIpc) is 3.31. The van der Waals surface area contributed by atoms with E-state index in [-0.39, 0.29) is 11.4 Å². The minimum Gasteiger partial charge on any atom is -0.490 e. The van der Waals surface area contributed by atoms with Crippen LogP contribution >= 0.6 is 11.8 Å². The normalized spacial score (nSPS) is 16.1. The van der Waals surface area contributed by atoms with Gasteiger partial charge in [0.2, 0.25) is 0 Å². The summed E-state index contributed by atoms with van der Waals surface area (Å²) in [5.74, 6) is 0.869. The lowest BCUT2D eigenvalue weighted by atomic mass is 10.1. The molecule has 0 atom stereocenters. The Morgan fingerprint density at radius 2 is 1.71 bits per heavy atom. The van der Waals surface area contributed by atoms with Gasteiger partial charge in [-0.25, -0.2) is 0 Å². The van der Waals surface area contributed by atoms with Crippen molar-refractivity contribution in [2.45, 2.75) is 13.5 Å². The Morgan fingerprint density at radius 1 is 0.971 bits per heavy atom. The van der Waals surface area contributed by atoms with E-state index in [9.17, 15) is 4.79 Å². The summed E-state index contributed by atoms with van der Waals surface area (Å²) >= 11 is 1.35. The molecule has 1 amide bonds. The molecule has 0 aliphatic carbocycles. The Bertz CT molecular complexity index is 1360. The maximum absolute atomic E-state index is 12.8. The predicted octanol–water partition coefficient (Wildman–Crippen LogP) is 5.97. The molecular formula is C28H23N3O3S. The van der Waals surface area contributed by atoms with Crippen molar-refractivity contribution in [2.75, 3.05) is 6.61 Å². The molecule has 3 aromatic rings. The molecule has 0 spiro atoms. The van der Waals surface area contributed by atoms with Crippen molar-refractivity contribution in [1.82, 2.24) is 4.90 Å². The third kappa shape index (κ3) is 4.76. The summed E-state index contributed by atoms with van der Waals surface area (Å²) in [6.45, 7) is 2.80. The van der Waals surface area contributed by atoms with Crippen LogP contribution in [0, 0.1) is 5.41 Å². The molecule has 174 valence electrons. The first kappa shape index (κ1) is 22.7. The van der Waals surface area contributed by atoms with Crippen molar-refractivity contribution >= 4 is 40.4 Å². The number of carbonyl (C=O) groups excluding carboxylic acids is 1. The number of thioether (sulfide) groups is 1. The van der Waals surface area contributed by atoms with E-state index in [1.807, 2.05) is 91.2 Å². The number of amidine groups is 2. The Kier molecular flexibility index (Phi) is 6.50. The summed E-state index contributed by atoms with van der Waals surface area (Å²) < 4.78 is 11.8. The third-order valence-electron chi connectivity index (χ3n) is 5.50. The zero-order valence-corrected chi connectivity index (χ0v) is 19.9. The molecule has 0 unspecified atom stereocenters. The monoisotopic (exact) mass is 481 g/mol. The quantitative estimate of drug-likeness (QED) is 0.421. The number of fused-ring (bicyclic) bond motifs is 1. The Morgan fingerprint density at radius 3 is 2.46 bits per heavy atom. The first-order valence-corrected chi connectivity index (χ1v) is 12.1. The molecule has 2 heterocycles. The molecule has 5 rings (SSSR count). The van der Waals surface area contributed by atoms with Crippen LogP contribution < -0.4 is 9.47 Å². The maximum Gasteiger partial charge on any atom is 0.283 e. The summed E-state index contributed by atoms with van der Waals surface area (Å²) in [7, 11) is 0. The minimum absolute atomic E-state index is 0.0995. The van der Waals surface area contributed by atoms with Gasteiger partial charge in [0.15, 0.2) is 16.7 Å². The fraction of sp³-hybridized carbons (Fsp3) is 0.107. The molecule has 1 N–H and O–H groups in total. The fourth-order valence-corrected chi connectivity index (χ4v) is 4.71. The Labute approximate surface area is 208 Å². The van der Waals surface area contributed by atoms with E-state index in [2.05, 4.69) is 4.99 Å². The highest BCUT2D eigenvalue weighted by Crippen LogP contribution is 2.38. The number of nitrogens with one attached hydrogen (secondary N) is 1. The van der Waals surface area contributed by atoms with Crippen LogP contribution in [-0.2, 0) is 11.4 Å². The number of hydrogen-bond donors (Lipinski definition) is 1. The molecule has 0 aromatic heterocycles. The van der Waals surface area contributed by atoms with Crippen molar-refractivity contribution < 1.29 is 14.3 Å². The van der Waals surface area contributed by atoms with Crippen LogP contribution in [0.1, 0.15) is 23.6 Å². The molecule has 0 bridgehead atoms.